The van der Waals surface area contributed by atoms with Crippen LogP contribution < -0.4 is 0 Å². The number of carbonyl (C=O) groups is 2. The normalized spacial score (nSPS) is 15.7. The molecule has 0 N–H and O–H groups in total. The summed E-state index contributed by atoms with van der Waals surface area (Å²) in [5.41, 5.74) is -0.924. The average Bonchev–Trinajstić information content (AvgIpc) is 2.81. The van der Waals surface area contributed by atoms with Crippen LogP contribution in [0, 0.1) is 0 Å². The molecule has 0 spiro atoms. The molecule has 0 aliphatic heterocycles. The minimum absolute atomic E-state index is 0.372. The van der Waals surface area contributed by atoms with Gasteiger partial charge in [-0.25, -0.2) is 3.63 Å². The monoisotopic (exact) mass is 722 g/mol. The highest BCUT2D eigenvalue weighted by atomic mass is 32.3. The van der Waals surface area contributed by atoms with E-state index in [1.54, 1.807) is 0 Å². The summed E-state index contributed by atoms with van der Waals surface area (Å²) in [7, 11) is -12.0. The third-order valence-electron chi connectivity index (χ3n) is 5.37. The van der Waals surface area contributed by atoms with Crippen molar-refractivity contribution < 1.29 is 96.3 Å². The summed E-state index contributed by atoms with van der Waals surface area (Å²) >= 11 is 0. The average molecular weight is 722 g/mol. The lowest BCUT2D eigenvalue weighted by atomic mass is 9.91. The molecule has 0 bridgehead atoms. The van der Waals surface area contributed by atoms with Crippen molar-refractivity contribution in [2.24, 2.45) is 0 Å². The quantitative estimate of drug-likeness (QED) is 0.157. The number of alkyl halides is 17. The van der Waals surface area contributed by atoms with Crippen molar-refractivity contribution in [2.45, 2.75) is 53.9 Å². The maximum Gasteiger partial charge on any atom is 0.460 e. The maximum atomic E-state index is 14.3. The van der Waals surface area contributed by atoms with Crippen LogP contribution in [0.15, 0.2) is 24.3 Å². The third-order valence-corrected chi connectivity index (χ3v) is 9.40. The molecule has 0 amide bonds. The first-order valence-corrected chi connectivity index (χ1v) is 14.5. The molecule has 0 atom stereocenters. The van der Waals surface area contributed by atoms with Gasteiger partial charge in [-0.1, -0.05) is 24.3 Å². The zero-order valence-corrected chi connectivity index (χ0v) is 22.9. The summed E-state index contributed by atoms with van der Waals surface area (Å²) < 4.78 is 256. The molecule has 0 aromatic heterocycles. The van der Waals surface area contributed by atoms with Gasteiger partial charge in [-0.3, -0.25) is 9.59 Å². The summed E-state index contributed by atoms with van der Waals surface area (Å²) in [6.07, 6.45) is -7.17. The number of hydrogen-bond donors (Lipinski definition) is 0. The fourth-order valence-electron chi connectivity index (χ4n) is 3.04. The summed E-state index contributed by atoms with van der Waals surface area (Å²) in [6.45, 7) is 0.910. The highest BCUT2D eigenvalue weighted by Gasteiger charge is 2.96. The molecule has 5 nitrogen and oxygen atoms in total. The zero-order valence-electron chi connectivity index (χ0n) is 21.3. The van der Waals surface area contributed by atoms with Crippen molar-refractivity contribution in [3.8, 4) is 0 Å². The van der Waals surface area contributed by atoms with Crippen molar-refractivity contribution in [3.05, 3.63) is 35.4 Å². The van der Waals surface area contributed by atoms with Crippen LogP contribution in [-0.2, 0) is 13.7 Å². The smallest absolute Gasteiger partial charge is 0.294 e. The van der Waals surface area contributed by atoms with Gasteiger partial charge in [-0.05, 0) is 19.4 Å². The molecular formula is C20H15F17O5S2. The van der Waals surface area contributed by atoms with Crippen LogP contribution in [0.3, 0.4) is 0 Å². The van der Waals surface area contributed by atoms with Crippen molar-refractivity contribution >= 4 is 32.0 Å². The van der Waals surface area contributed by atoms with Crippen LogP contribution in [0.5, 0.6) is 0 Å². The van der Waals surface area contributed by atoms with Gasteiger partial charge in [0, 0.05) is 11.1 Å². The number of ketones is 2. The van der Waals surface area contributed by atoms with Gasteiger partial charge in [0.25, 0.3) is 0 Å². The van der Waals surface area contributed by atoms with Gasteiger partial charge in [0.05, 0.1) is 5.75 Å². The first-order valence-electron chi connectivity index (χ1n) is 10.5. The van der Waals surface area contributed by atoms with E-state index in [1.807, 2.05) is 0 Å². The first-order chi connectivity index (χ1) is 19.0. The molecule has 1 rings (SSSR count). The van der Waals surface area contributed by atoms with Gasteiger partial charge in [-0.2, -0.15) is 83.1 Å². The van der Waals surface area contributed by atoms with Crippen molar-refractivity contribution in [2.75, 3.05) is 18.3 Å². The minimum atomic E-state index is -8.98. The van der Waals surface area contributed by atoms with Gasteiger partial charge in [-0.15, -0.1) is 10.3 Å². The largest absolute Gasteiger partial charge is 0.460 e. The van der Waals surface area contributed by atoms with E-state index in [4.69, 9.17) is 0 Å². The lowest BCUT2D eigenvalue weighted by Gasteiger charge is -2.42. The van der Waals surface area contributed by atoms with Crippen molar-refractivity contribution in [1.82, 2.24) is 0 Å². The Kier molecular flexibility index (Phi) is 10.1. The lowest BCUT2D eigenvalue weighted by molar-refractivity contribution is -0.458. The number of halogens is 17. The fourth-order valence-corrected chi connectivity index (χ4v) is 6.75. The standard InChI is InChI=1S/C20H15F17O5S2/c1-9(38)10-6-4-5-7-11(10)12(39)8-43(2,3)42-44(40,41)20(36,37)18(31,32)16(27,28)14(23,24)13(21,22)15(25,26)17(29,30)19(33,34)35/h4-7H,8H2,1-3H3. The predicted molar refractivity (Wildman–Crippen MR) is 116 cm³/mol. The zero-order chi connectivity index (χ0) is 35.6. The van der Waals surface area contributed by atoms with Gasteiger partial charge in [0.2, 0.25) is 0 Å². The summed E-state index contributed by atoms with van der Waals surface area (Å²) in [5, 5.41) is -7.87. The van der Waals surface area contributed by atoms with Crippen LogP contribution in [0.2, 0.25) is 0 Å². The Morgan fingerprint density at radius 1 is 0.614 bits per heavy atom. The van der Waals surface area contributed by atoms with Gasteiger partial charge in [0.15, 0.2) is 11.6 Å². The van der Waals surface area contributed by atoms with Crippen molar-refractivity contribution in [1.29, 1.82) is 0 Å². The van der Waals surface area contributed by atoms with Crippen LogP contribution in [-0.4, -0.2) is 85.2 Å². The lowest BCUT2D eigenvalue weighted by Crippen LogP contribution is -2.75. The highest BCUT2D eigenvalue weighted by molar-refractivity contribution is 8.32. The SMILES string of the molecule is CC(=O)c1ccccc1C(=O)CS(C)(C)OS(=O)(=O)C(F)(F)C(F)(F)C(F)(F)C(F)(F)C(F)(F)C(F)(F)C(F)(F)C(F)(F)F. The van der Waals surface area contributed by atoms with Crippen LogP contribution in [0.25, 0.3) is 0 Å². The first kappa shape index (κ1) is 39.7. The molecule has 0 unspecified atom stereocenters. The number of hydrogen-bond acceptors (Lipinski definition) is 5. The van der Waals surface area contributed by atoms with E-state index in [0.717, 1.165) is 25.1 Å². The number of rotatable bonds is 13. The van der Waals surface area contributed by atoms with Gasteiger partial charge < -0.3 is 0 Å². The van der Waals surface area contributed by atoms with Crippen LogP contribution in [0.4, 0.5) is 74.6 Å². The summed E-state index contributed by atoms with van der Waals surface area (Å²) in [6, 6.07) is 4.25. The van der Waals surface area contributed by atoms with E-state index in [9.17, 15) is 92.6 Å². The molecule has 0 aliphatic rings. The Morgan fingerprint density at radius 2 is 0.955 bits per heavy atom. The Labute approximate surface area is 236 Å². The van der Waals surface area contributed by atoms with E-state index < -0.39 is 90.3 Å². The second-order valence-electron chi connectivity index (χ2n) is 9.09. The van der Waals surface area contributed by atoms with Crippen LogP contribution >= 0.6 is 10.3 Å². The second kappa shape index (κ2) is 11.2. The van der Waals surface area contributed by atoms with E-state index >= 15 is 0 Å². The van der Waals surface area contributed by atoms with E-state index in [2.05, 4.69) is 3.63 Å². The second-order valence-corrected chi connectivity index (χ2v) is 14.2. The molecule has 256 valence electrons. The molecule has 0 radical (unpaired) electrons. The molecule has 0 saturated heterocycles. The highest BCUT2D eigenvalue weighted by Crippen LogP contribution is 2.65. The molecular weight excluding hydrogens is 707 g/mol. The summed E-state index contributed by atoms with van der Waals surface area (Å²) in [5.74, 6) is -56.0. The molecule has 1 aromatic carbocycles. The fraction of sp³-hybridized carbons (Fsp3) is 0.600. The van der Waals surface area contributed by atoms with Crippen LogP contribution in [0.1, 0.15) is 27.6 Å². The van der Waals surface area contributed by atoms with E-state index in [0.29, 0.717) is 12.5 Å². The van der Waals surface area contributed by atoms with Crippen molar-refractivity contribution in [3.63, 3.8) is 0 Å². The molecule has 24 heteroatoms. The van der Waals surface area contributed by atoms with E-state index in [1.165, 1.54) is 6.07 Å². The van der Waals surface area contributed by atoms with Gasteiger partial charge >= 0.3 is 57.1 Å². The van der Waals surface area contributed by atoms with Gasteiger partial charge in [0.1, 0.15) is 0 Å². The minimum Gasteiger partial charge on any atom is -0.294 e. The number of benzene rings is 1. The Balaban J connectivity index is 3.61. The maximum absolute atomic E-state index is 14.3. The molecule has 0 fully saturated rings. The van der Waals surface area contributed by atoms with E-state index in [-0.39, 0.29) is 5.56 Å². The number of carbonyl (C=O) groups excluding carboxylic acids is 2. The summed E-state index contributed by atoms with van der Waals surface area (Å²) in [4.78, 5) is 24.1. The predicted octanol–water partition coefficient (Wildman–Crippen LogP) is 7.36. The Morgan fingerprint density at radius 3 is 1.32 bits per heavy atom. The molecule has 0 heterocycles. The third kappa shape index (κ3) is 5.96. The number of Topliss-reactive ketones (excluding diaryl/α,β-unsaturated/α-hetero) is 2. The Bertz CT molecular complexity index is 1380. The topological polar surface area (TPSA) is 77.5 Å². The molecule has 0 aliphatic carbocycles. The molecule has 0 saturated carbocycles. The molecule has 1 aromatic rings. The Hall–Kier alpha value is -2.37. The molecule has 44 heavy (non-hydrogen) atoms.